The molecule has 0 aromatic carbocycles. The molecule has 182 valence electrons. The Morgan fingerprint density at radius 1 is 0.645 bits per heavy atom. The standard InChI is InChI=1S/C25H46O6/c1-20(2)13-11-9-7-5-6-8-10-12-18-28-24(26)30-22-14-16-23(17-15-22)31-25(27)29-19-21(3)4/h20-23H,5-19H2,1-4H3. The third kappa shape index (κ3) is 15.9. The summed E-state index contributed by atoms with van der Waals surface area (Å²) in [5.41, 5.74) is 0. The largest absolute Gasteiger partial charge is 0.508 e. The number of rotatable bonds is 15. The Morgan fingerprint density at radius 3 is 1.58 bits per heavy atom. The smallest absolute Gasteiger partial charge is 0.434 e. The van der Waals surface area contributed by atoms with Crippen molar-refractivity contribution in [3.8, 4) is 0 Å². The highest BCUT2D eigenvalue weighted by atomic mass is 16.7. The zero-order valence-corrected chi connectivity index (χ0v) is 20.4. The van der Waals surface area contributed by atoms with Gasteiger partial charge < -0.3 is 18.9 Å². The Labute approximate surface area is 189 Å². The molecule has 0 aromatic rings. The maximum Gasteiger partial charge on any atom is 0.508 e. The first-order valence-corrected chi connectivity index (χ1v) is 12.5. The Morgan fingerprint density at radius 2 is 1.10 bits per heavy atom. The Bertz CT molecular complexity index is 469. The van der Waals surface area contributed by atoms with Gasteiger partial charge in [-0.3, -0.25) is 0 Å². The van der Waals surface area contributed by atoms with Gasteiger partial charge in [0.25, 0.3) is 0 Å². The van der Waals surface area contributed by atoms with Crippen molar-refractivity contribution < 1.29 is 28.5 Å². The molecule has 0 bridgehead atoms. The molecule has 1 aliphatic carbocycles. The fourth-order valence-electron chi connectivity index (χ4n) is 3.71. The summed E-state index contributed by atoms with van der Waals surface area (Å²) < 4.78 is 20.9. The van der Waals surface area contributed by atoms with E-state index in [9.17, 15) is 9.59 Å². The van der Waals surface area contributed by atoms with E-state index in [1.807, 2.05) is 13.8 Å². The van der Waals surface area contributed by atoms with Crippen LogP contribution >= 0.6 is 0 Å². The topological polar surface area (TPSA) is 71.1 Å². The van der Waals surface area contributed by atoms with E-state index in [4.69, 9.17) is 18.9 Å². The second-order valence-electron chi connectivity index (χ2n) is 9.70. The van der Waals surface area contributed by atoms with E-state index in [-0.39, 0.29) is 18.1 Å². The van der Waals surface area contributed by atoms with Crippen LogP contribution in [0, 0.1) is 11.8 Å². The van der Waals surface area contributed by atoms with Crippen LogP contribution in [0.3, 0.4) is 0 Å². The lowest BCUT2D eigenvalue weighted by molar-refractivity contribution is -0.0285. The van der Waals surface area contributed by atoms with Crippen LogP contribution in [0.25, 0.3) is 0 Å². The summed E-state index contributed by atoms with van der Waals surface area (Å²) in [7, 11) is 0. The lowest BCUT2D eigenvalue weighted by atomic mass is 9.95. The highest BCUT2D eigenvalue weighted by Crippen LogP contribution is 2.24. The van der Waals surface area contributed by atoms with Crippen molar-refractivity contribution in [2.45, 2.75) is 123 Å². The van der Waals surface area contributed by atoms with Gasteiger partial charge in [-0.05, 0) is 43.9 Å². The van der Waals surface area contributed by atoms with Crippen molar-refractivity contribution in [1.82, 2.24) is 0 Å². The van der Waals surface area contributed by atoms with Crippen molar-refractivity contribution in [3.63, 3.8) is 0 Å². The summed E-state index contributed by atoms with van der Waals surface area (Å²) in [6.45, 7) is 9.31. The first-order chi connectivity index (χ1) is 14.9. The fourth-order valence-corrected chi connectivity index (χ4v) is 3.71. The minimum Gasteiger partial charge on any atom is -0.434 e. The second kappa shape index (κ2) is 17.1. The zero-order valence-electron chi connectivity index (χ0n) is 20.4. The molecule has 1 fully saturated rings. The van der Waals surface area contributed by atoms with Gasteiger partial charge in [0.2, 0.25) is 0 Å². The third-order valence-electron chi connectivity index (χ3n) is 5.58. The van der Waals surface area contributed by atoms with Crippen LogP contribution in [-0.4, -0.2) is 37.7 Å². The van der Waals surface area contributed by atoms with Gasteiger partial charge in [0.1, 0.15) is 12.2 Å². The summed E-state index contributed by atoms with van der Waals surface area (Å²) in [5, 5.41) is 0. The minimum absolute atomic E-state index is 0.158. The molecular formula is C25H46O6. The van der Waals surface area contributed by atoms with Crippen LogP contribution in [-0.2, 0) is 18.9 Å². The SMILES string of the molecule is CC(C)CCCCCCCCCCOC(=O)OC1CCC(OC(=O)OCC(C)C)CC1. The van der Waals surface area contributed by atoms with E-state index in [0.717, 1.165) is 18.8 Å². The van der Waals surface area contributed by atoms with Crippen LogP contribution in [0.2, 0.25) is 0 Å². The van der Waals surface area contributed by atoms with Crippen LogP contribution in [0.15, 0.2) is 0 Å². The van der Waals surface area contributed by atoms with E-state index in [2.05, 4.69) is 13.8 Å². The van der Waals surface area contributed by atoms with Crippen molar-refractivity contribution in [2.75, 3.05) is 13.2 Å². The van der Waals surface area contributed by atoms with Gasteiger partial charge >= 0.3 is 12.3 Å². The van der Waals surface area contributed by atoms with Gasteiger partial charge in [0.15, 0.2) is 0 Å². The lowest BCUT2D eigenvalue weighted by Gasteiger charge is -2.27. The number of carbonyl (C=O) groups is 2. The molecule has 6 nitrogen and oxygen atoms in total. The van der Waals surface area contributed by atoms with E-state index < -0.39 is 12.3 Å². The first-order valence-electron chi connectivity index (χ1n) is 12.5. The van der Waals surface area contributed by atoms with Gasteiger partial charge in [-0.15, -0.1) is 0 Å². The first kappa shape index (κ1) is 27.6. The van der Waals surface area contributed by atoms with E-state index in [1.165, 1.54) is 44.9 Å². The average Bonchev–Trinajstić information content (AvgIpc) is 2.71. The number of hydrogen-bond acceptors (Lipinski definition) is 6. The van der Waals surface area contributed by atoms with Crippen molar-refractivity contribution >= 4 is 12.3 Å². The molecule has 0 N–H and O–H groups in total. The minimum atomic E-state index is -0.608. The molecule has 0 aromatic heterocycles. The number of ether oxygens (including phenoxy) is 4. The highest BCUT2D eigenvalue weighted by molar-refractivity contribution is 5.60. The van der Waals surface area contributed by atoms with Crippen molar-refractivity contribution in [3.05, 3.63) is 0 Å². The Balaban J connectivity index is 1.94. The molecule has 6 heteroatoms. The van der Waals surface area contributed by atoms with Crippen molar-refractivity contribution in [1.29, 1.82) is 0 Å². The van der Waals surface area contributed by atoms with Crippen LogP contribution in [0.4, 0.5) is 9.59 Å². The maximum atomic E-state index is 11.9. The highest BCUT2D eigenvalue weighted by Gasteiger charge is 2.27. The van der Waals surface area contributed by atoms with Gasteiger partial charge in [-0.1, -0.05) is 79.1 Å². The van der Waals surface area contributed by atoms with Crippen LogP contribution < -0.4 is 0 Å². The van der Waals surface area contributed by atoms with E-state index >= 15 is 0 Å². The Hall–Kier alpha value is -1.46. The molecule has 0 radical (unpaired) electrons. The molecule has 0 spiro atoms. The lowest BCUT2D eigenvalue weighted by Crippen LogP contribution is -2.30. The Kier molecular flexibility index (Phi) is 15.2. The molecule has 0 atom stereocenters. The number of unbranched alkanes of at least 4 members (excludes halogenated alkanes) is 7. The van der Waals surface area contributed by atoms with E-state index in [1.54, 1.807) is 0 Å². The summed E-state index contributed by atoms with van der Waals surface area (Å²) in [4.78, 5) is 23.5. The summed E-state index contributed by atoms with van der Waals surface area (Å²) in [6.07, 6.45) is 12.3. The predicted octanol–water partition coefficient (Wildman–Crippen LogP) is 7.43. The zero-order chi connectivity index (χ0) is 22.9. The average molecular weight is 443 g/mol. The molecule has 31 heavy (non-hydrogen) atoms. The molecule has 0 heterocycles. The van der Waals surface area contributed by atoms with Crippen molar-refractivity contribution in [2.24, 2.45) is 11.8 Å². The van der Waals surface area contributed by atoms with Gasteiger partial charge in [-0.2, -0.15) is 0 Å². The molecular weight excluding hydrogens is 396 g/mol. The normalized spacial score (nSPS) is 18.8. The maximum absolute atomic E-state index is 11.9. The monoisotopic (exact) mass is 442 g/mol. The quantitative estimate of drug-likeness (QED) is 0.194. The number of hydrogen-bond donors (Lipinski definition) is 0. The predicted molar refractivity (Wildman–Crippen MR) is 122 cm³/mol. The number of carbonyl (C=O) groups excluding carboxylic acids is 2. The fraction of sp³-hybridized carbons (Fsp3) is 0.920. The molecule has 0 unspecified atom stereocenters. The molecule has 1 rings (SSSR count). The second-order valence-corrected chi connectivity index (χ2v) is 9.70. The summed E-state index contributed by atoms with van der Waals surface area (Å²) >= 11 is 0. The molecule has 0 amide bonds. The van der Waals surface area contributed by atoms with Gasteiger partial charge in [0, 0.05) is 0 Å². The van der Waals surface area contributed by atoms with Crippen LogP contribution in [0.5, 0.6) is 0 Å². The third-order valence-corrected chi connectivity index (χ3v) is 5.58. The summed E-state index contributed by atoms with van der Waals surface area (Å²) in [5.74, 6) is 1.10. The van der Waals surface area contributed by atoms with Gasteiger partial charge in [0.05, 0.1) is 13.2 Å². The molecule has 0 aliphatic heterocycles. The molecule has 1 saturated carbocycles. The van der Waals surface area contributed by atoms with Gasteiger partial charge in [-0.25, -0.2) is 9.59 Å². The van der Waals surface area contributed by atoms with Crippen LogP contribution in [0.1, 0.15) is 111 Å². The molecule has 1 aliphatic rings. The van der Waals surface area contributed by atoms with E-state index in [0.29, 0.717) is 38.9 Å². The molecule has 0 saturated heterocycles. The summed E-state index contributed by atoms with van der Waals surface area (Å²) in [6, 6.07) is 0.